The van der Waals surface area contributed by atoms with Crippen LogP contribution in [0.5, 0.6) is 5.75 Å². The maximum absolute atomic E-state index is 5.44. The van der Waals surface area contributed by atoms with Gasteiger partial charge in [-0.25, -0.2) is 0 Å². The Morgan fingerprint density at radius 3 is 3.13 bits per heavy atom. The number of benzene rings is 1. The lowest BCUT2D eigenvalue weighted by atomic mass is 9.77. The number of methoxy groups -OCH3 is 1. The molecule has 2 aliphatic rings. The fraction of sp³-hybridized carbons (Fsp3) is 0.538. The molecule has 1 aromatic rings. The molecular formula is C13H17NO. The van der Waals surface area contributed by atoms with E-state index >= 15 is 0 Å². The van der Waals surface area contributed by atoms with Crippen molar-refractivity contribution in [2.75, 3.05) is 20.2 Å². The Labute approximate surface area is 90.6 Å². The van der Waals surface area contributed by atoms with Gasteiger partial charge in [0, 0.05) is 12.5 Å². The van der Waals surface area contributed by atoms with Crippen LogP contribution >= 0.6 is 0 Å². The van der Waals surface area contributed by atoms with Gasteiger partial charge < -0.3 is 10.1 Å². The number of fused-ring (bicyclic) bond motifs is 3. The minimum atomic E-state index is 0.726. The second-order valence-corrected chi connectivity index (χ2v) is 4.59. The Morgan fingerprint density at radius 2 is 2.27 bits per heavy atom. The first kappa shape index (κ1) is 9.22. The van der Waals surface area contributed by atoms with Crippen LogP contribution in [0, 0.1) is 5.92 Å². The van der Waals surface area contributed by atoms with Crippen LogP contribution in [0.1, 0.15) is 23.5 Å². The summed E-state index contributed by atoms with van der Waals surface area (Å²) in [7, 11) is 1.77. The Hall–Kier alpha value is -1.02. The van der Waals surface area contributed by atoms with Gasteiger partial charge in [0.05, 0.1) is 7.11 Å². The molecule has 80 valence electrons. The lowest BCUT2D eigenvalue weighted by Gasteiger charge is -2.28. The SMILES string of the molecule is COc1cccc2c1CC[C@@H]1CNC[C@@H]21. The van der Waals surface area contributed by atoms with Crippen LogP contribution in [0.2, 0.25) is 0 Å². The van der Waals surface area contributed by atoms with Gasteiger partial charge in [-0.3, -0.25) is 0 Å². The van der Waals surface area contributed by atoms with E-state index in [-0.39, 0.29) is 0 Å². The largest absolute Gasteiger partial charge is 0.496 e. The van der Waals surface area contributed by atoms with E-state index in [1.807, 2.05) is 0 Å². The molecule has 2 heteroatoms. The number of rotatable bonds is 1. The number of hydrogen-bond acceptors (Lipinski definition) is 2. The minimum absolute atomic E-state index is 0.726. The average Bonchev–Trinajstić information content (AvgIpc) is 2.76. The van der Waals surface area contributed by atoms with Gasteiger partial charge in [-0.15, -0.1) is 0 Å². The fourth-order valence-corrected chi connectivity index (χ4v) is 3.12. The molecule has 0 aromatic heterocycles. The smallest absolute Gasteiger partial charge is 0.122 e. The molecule has 1 aliphatic heterocycles. The molecule has 0 bridgehead atoms. The average molecular weight is 203 g/mol. The van der Waals surface area contributed by atoms with Crippen LogP contribution in [0.4, 0.5) is 0 Å². The van der Waals surface area contributed by atoms with Crippen molar-refractivity contribution in [2.24, 2.45) is 5.92 Å². The second kappa shape index (κ2) is 3.53. The Bertz CT molecular complexity index is 375. The van der Waals surface area contributed by atoms with Crippen LogP contribution in [-0.2, 0) is 6.42 Å². The quantitative estimate of drug-likeness (QED) is 0.753. The highest BCUT2D eigenvalue weighted by molar-refractivity contribution is 5.44. The lowest BCUT2D eigenvalue weighted by molar-refractivity contribution is 0.392. The fourth-order valence-electron chi connectivity index (χ4n) is 3.12. The summed E-state index contributed by atoms with van der Waals surface area (Å²) in [5.74, 6) is 2.66. The van der Waals surface area contributed by atoms with Crippen LogP contribution < -0.4 is 10.1 Å². The van der Waals surface area contributed by atoms with Crippen molar-refractivity contribution in [2.45, 2.75) is 18.8 Å². The molecule has 0 unspecified atom stereocenters. The molecule has 1 aliphatic carbocycles. The van der Waals surface area contributed by atoms with Gasteiger partial charge in [-0.05, 0) is 42.5 Å². The molecule has 15 heavy (non-hydrogen) atoms. The first-order valence-electron chi connectivity index (χ1n) is 5.76. The third-order valence-electron chi connectivity index (χ3n) is 3.89. The van der Waals surface area contributed by atoms with E-state index in [0.717, 1.165) is 24.1 Å². The molecule has 3 rings (SSSR count). The summed E-state index contributed by atoms with van der Waals surface area (Å²) < 4.78 is 5.44. The van der Waals surface area contributed by atoms with Crippen LogP contribution in [0.15, 0.2) is 18.2 Å². The summed E-state index contributed by atoms with van der Waals surface area (Å²) >= 11 is 0. The topological polar surface area (TPSA) is 21.3 Å². The van der Waals surface area contributed by atoms with Crippen molar-refractivity contribution in [3.8, 4) is 5.75 Å². The van der Waals surface area contributed by atoms with Gasteiger partial charge in [0.1, 0.15) is 5.75 Å². The van der Waals surface area contributed by atoms with Gasteiger partial charge in [-0.2, -0.15) is 0 Å². The molecule has 1 N–H and O–H groups in total. The summed E-state index contributed by atoms with van der Waals surface area (Å²) in [6, 6.07) is 6.49. The molecule has 0 radical (unpaired) electrons. The van der Waals surface area contributed by atoms with Crippen molar-refractivity contribution in [3.05, 3.63) is 29.3 Å². The van der Waals surface area contributed by atoms with E-state index in [0.29, 0.717) is 0 Å². The molecule has 0 spiro atoms. The molecule has 1 fully saturated rings. The first-order valence-corrected chi connectivity index (χ1v) is 5.76. The number of hydrogen-bond donors (Lipinski definition) is 1. The monoisotopic (exact) mass is 203 g/mol. The Morgan fingerprint density at radius 1 is 1.33 bits per heavy atom. The molecule has 2 atom stereocenters. The van der Waals surface area contributed by atoms with Crippen LogP contribution in [0.3, 0.4) is 0 Å². The molecule has 1 aromatic carbocycles. The van der Waals surface area contributed by atoms with Crippen molar-refractivity contribution >= 4 is 0 Å². The maximum Gasteiger partial charge on any atom is 0.122 e. The van der Waals surface area contributed by atoms with Crippen molar-refractivity contribution in [1.29, 1.82) is 0 Å². The second-order valence-electron chi connectivity index (χ2n) is 4.59. The third kappa shape index (κ3) is 1.36. The normalized spacial score (nSPS) is 28.3. The maximum atomic E-state index is 5.44. The molecule has 2 nitrogen and oxygen atoms in total. The zero-order chi connectivity index (χ0) is 10.3. The molecule has 0 saturated carbocycles. The summed E-state index contributed by atoms with van der Waals surface area (Å²) in [6.07, 6.45) is 2.49. The van der Waals surface area contributed by atoms with E-state index in [2.05, 4.69) is 23.5 Å². The number of nitrogens with one attached hydrogen (secondary N) is 1. The Kier molecular flexibility index (Phi) is 2.17. The molecule has 1 heterocycles. The van der Waals surface area contributed by atoms with Crippen LogP contribution in [-0.4, -0.2) is 20.2 Å². The third-order valence-corrected chi connectivity index (χ3v) is 3.89. The van der Waals surface area contributed by atoms with Crippen molar-refractivity contribution in [3.63, 3.8) is 0 Å². The predicted molar refractivity (Wildman–Crippen MR) is 60.4 cm³/mol. The highest BCUT2D eigenvalue weighted by Gasteiger charge is 2.34. The number of ether oxygens (including phenoxy) is 1. The highest BCUT2D eigenvalue weighted by atomic mass is 16.5. The summed E-state index contributed by atoms with van der Waals surface area (Å²) in [5.41, 5.74) is 2.97. The molecule has 0 amide bonds. The zero-order valence-electron chi connectivity index (χ0n) is 9.12. The van der Waals surface area contributed by atoms with Crippen LogP contribution in [0.25, 0.3) is 0 Å². The molecular weight excluding hydrogens is 186 g/mol. The van der Waals surface area contributed by atoms with Crippen molar-refractivity contribution < 1.29 is 4.74 Å². The van der Waals surface area contributed by atoms with E-state index < -0.39 is 0 Å². The van der Waals surface area contributed by atoms with Gasteiger partial charge in [0.25, 0.3) is 0 Å². The molecule has 1 saturated heterocycles. The van der Waals surface area contributed by atoms with Gasteiger partial charge >= 0.3 is 0 Å². The Balaban J connectivity index is 2.07. The van der Waals surface area contributed by atoms with E-state index in [4.69, 9.17) is 4.74 Å². The van der Waals surface area contributed by atoms with E-state index in [1.54, 1.807) is 7.11 Å². The van der Waals surface area contributed by atoms with E-state index in [1.165, 1.54) is 30.5 Å². The minimum Gasteiger partial charge on any atom is -0.496 e. The zero-order valence-corrected chi connectivity index (χ0v) is 9.12. The van der Waals surface area contributed by atoms with Gasteiger partial charge in [0.15, 0.2) is 0 Å². The van der Waals surface area contributed by atoms with E-state index in [9.17, 15) is 0 Å². The van der Waals surface area contributed by atoms with Gasteiger partial charge in [-0.1, -0.05) is 12.1 Å². The predicted octanol–water partition coefficient (Wildman–Crippen LogP) is 1.94. The highest BCUT2D eigenvalue weighted by Crippen LogP contribution is 2.41. The lowest BCUT2D eigenvalue weighted by Crippen LogP contribution is -2.19. The standard InChI is InChI=1S/C13H17NO/c1-15-13-4-2-3-10-11(13)6-5-9-7-14-8-12(9)10/h2-4,9,12,14H,5-8H2,1H3/t9-,12-/m1/s1. The van der Waals surface area contributed by atoms with Gasteiger partial charge in [0.2, 0.25) is 0 Å². The summed E-state index contributed by atoms with van der Waals surface area (Å²) in [4.78, 5) is 0. The van der Waals surface area contributed by atoms with Crippen molar-refractivity contribution in [1.82, 2.24) is 5.32 Å². The summed E-state index contributed by atoms with van der Waals surface area (Å²) in [6.45, 7) is 2.34. The first-order chi connectivity index (χ1) is 7.40. The summed E-state index contributed by atoms with van der Waals surface area (Å²) in [5, 5.41) is 3.50.